The molecule has 1 atom stereocenters. The Morgan fingerprint density at radius 3 is 2.90 bits per heavy atom. The van der Waals surface area contributed by atoms with Gasteiger partial charge in [0.25, 0.3) is 0 Å². The van der Waals surface area contributed by atoms with E-state index >= 15 is 0 Å². The van der Waals surface area contributed by atoms with E-state index in [-0.39, 0.29) is 18.0 Å². The first-order chi connectivity index (χ1) is 14.0. The van der Waals surface area contributed by atoms with Crippen molar-refractivity contribution < 1.29 is 14.3 Å². The number of benzene rings is 1. The lowest BCUT2D eigenvalue weighted by molar-refractivity contribution is 0.0532. The third kappa shape index (κ3) is 3.90. The monoisotopic (exact) mass is 409 g/mol. The number of esters is 1. The predicted molar refractivity (Wildman–Crippen MR) is 111 cm³/mol. The maximum Gasteiger partial charge on any atom is 0.348 e. The molecule has 3 aromatic heterocycles. The van der Waals surface area contributed by atoms with Crippen molar-refractivity contribution >= 4 is 44.8 Å². The van der Waals surface area contributed by atoms with Crippen LogP contribution < -0.4 is 10.6 Å². The molecule has 29 heavy (non-hydrogen) atoms. The van der Waals surface area contributed by atoms with Gasteiger partial charge in [-0.1, -0.05) is 6.07 Å². The van der Waals surface area contributed by atoms with Gasteiger partial charge in [-0.15, -0.1) is 21.5 Å². The first-order valence-electron chi connectivity index (χ1n) is 9.13. The molecular weight excluding hydrogens is 390 g/mol. The van der Waals surface area contributed by atoms with Gasteiger partial charge in [0.2, 0.25) is 0 Å². The van der Waals surface area contributed by atoms with E-state index in [4.69, 9.17) is 4.74 Å². The van der Waals surface area contributed by atoms with Gasteiger partial charge in [-0.3, -0.25) is 4.40 Å². The number of rotatable bonds is 5. The number of hydrogen-bond donors (Lipinski definition) is 2. The van der Waals surface area contributed by atoms with E-state index in [1.807, 2.05) is 47.9 Å². The average molecular weight is 409 g/mol. The van der Waals surface area contributed by atoms with Crippen molar-refractivity contribution in [2.75, 3.05) is 11.9 Å². The maximum atomic E-state index is 12.4. The largest absolute Gasteiger partial charge is 0.462 e. The number of urea groups is 1. The van der Waals surface area contributed by atoms with Gasteiger partial charge < -0.3 is 15.4 Å². The molecule has 1 aromatic carbocycles. The van der Waals surface area contributed by atoms with Crippen molar-refractivity contribution in [2.24, 2.45) is 0 Å². The zero-order valence-corrected chi connectivity index (χ0v) is 16.7. The number of hydrogen-bond acceptors (Lipinski definition) is 6. The molecule has 4 rings (SSSR count). The lowest BCUT2D eigenvalue weighted by Crippen LogP contribution is -2.32. The lowest BCUT2D eigenvalue weighted by Gasteiger charge is -2.13. The minimum absolute atomic E-state index is 0.333. The number of amides is 2. The Morgan fingerprint density at radius 1 is 1.21 bits per heavy atom. The quantitative estimate of drug-likeness (QED) is 0.486. The van der Waals surface area contributed by atoms with Crippen LogP contribution in [-0.2, 0) is 4.74 Å². The summed E-state index contributed by atoms with van der Waals surface area (Å²) >= 11 is 1.36. The second-order valence-corrected chi connectivity index (χ2v) is 7.47. The van der Waals surface area contributed by atoms with Crippen molar-refractivity contribution in [3.8, 4) is 0 Å². The number of anilines is 1. The van der Waals surface area contributed by atoms with Crippen molar-refractivity contribution in [3.63, 3.8) is 0 Å². The summed E-state index contributed by atoms with van der Waals surface area (Å²) in [6.45, 7) is 3.95. The van der Waals surface area contributed by atoms with Crippen LogP contribution >= 0.6 is 11.3 Å². The minimum atomic E-state index is -0.356. The molecule has 4 aromatic rings. The van der Waals surface area contributed by atoms with Crippen LogP contribution in [0.5, 0.6) is 0 Å². The van der Waals surface area contributed by atoms with Gasteiger partial charge in [0.1, 0.15) is 4.88 Å². The summed E-state index contributed by atoms with van der Waals surface area (Å²) in [7, 11) is 0. The van der Waals surface area contributed by atoms with Crippen LogP contribution in [0.3, 0.4) is 0 Å². The number of nitrogens with one attached hydrogen (secondary N) is 2. The van der Waals surface area contributed by atoms with Crippen molar-refractivity contribution in [3.05, 3.63) is 59.4 Å². The highest BCUT2D eigenvalue weighted by Gasteiger charge is 2.16. The molecule has 0 bridgehead atoms. The van der Waals surface area contributed by atoms with Crippen LogP contribution in [0.1, 0.15) is 35.4 Å². The smallest absolute Gasteiger partial charge is 0.348 e. The molecule has 0 saturated carbocycles. The summed E-state index contributed by atoms with van der Waals surface area (Å²) in [5, 5.41) is 14.8. The fourth-order valence-electron chi connectivity index (χ4n) is 3.01. The summed E-state index contributed by atoms with van der Waals surface area (Å²) in [6.07, 6.45) is 1.85. The fraction of sp³-hybridized carbons (Fsp3) is 0.200. The van der Waals surface area contributed by atoms with E-state index in [1.165, 1.54) is 11.3 Å². The summed E-state index contributed by atoms with van der Waals surface area (Å²) < 4.78 is 7.82. The molecule has 0 spiro atoms. The predicted octanol–water partition coefficient (Wildman–Crippen LogP) is 4.00. The highest BCUT2D eigenvalue weighted by Crippen LogP contribution is 2.28. The summed E-state index contributed by atoms with van der Waals surface area (Å²) in [6, 6.07) is 12.2. The Hall–Kier alpha value is -3.46. The van der Waals surface area contributed by atoms with Crippen LogP contribution in [0.25, 0.3) is 15.7 Å². The molecular formula is C20H19N5O3S. The molecule has 3 heterocycles. The topological polar surface area (TPSA) is 97.6 Å². The Bertz CT molecular complexity index is 1200. The highest BCUT2D eigenvalue weighted by molar-refractivity contribution is 7.20. The summed E-state index contributed by atoms with van der Waals surface area (Å²) in [5.74, 6) is 0.304. The van der Waals surface area contributed by atoms with Gasteiger partial charge in [-0.2, -0.15) is 0 Å². The van der Waals surface area contributed by atoms with Crippen LogP contribution in [0.4, 0.5) is 10.5 Å². The zero-order chi connectivity index (χ0) is 20.4. The molecule has 0 radical (unpaired) electrons. The third-order valence-corrected chi connectivity index (χ3v) is 5.42. The second-order valence-electron chi connectivity index (χ2n) is 6.39. The number of thiophene rings is 1. The number of carbonyl (C=O) groups excluding carboxylic acids is 2. The maximum absolute atomic E-state index is 12.4. The third-order valence-electron chi connectivity index (χ3n) is 4.33. The van der Waals surface area contributed by atoms with Gasteiger partial charge in [0.15, 0.2) is 11.5 Å². The Kier molecular flexibility index (Phi) is 5.13. The molecule has 2 amide bonds. The van der Waals surface area contributed by atoms with Gasteiger partial charge in [-0.05, 0) is 55.6 Å². The number of nitrogens with zero attached hydrogens (tertiary/aromatic N) is 3. The zero-order valence-electron chi connectivity index (χ0n) is 15.9. The van der Waals surface area contributed by atoms with Crippen LogP contribution in [0.2, 0.25) is 0 Å². The highest BCUT2D eigenvalue weighted by atomic mass is 32.1. The molecule has 148 valence electrons. The van der Waals surface area contributed by atoms with Gasteiger partial charge >= 0.3 is 12.0 Å². The lowest BCUT2D eigenvalue weighted by atomic mass is 10.2. The summed E-state index contributed by atoms with van der Waals surface area (Å²) in [5.41, 5.74) is 1.35. The SMILES string of the molecule is CCOC(=O)c1cc2cc(NC(=O)NC(C)c3nnc4ccccn34)ccc2s1. The number of ether oxygens (including phenoxy) is 1. The molecule has 0 fully saturated rings. The minimum Gasteiger partial charge on any atom is -0.462 e. The molecule has 1 unspecified atom stereocenters. The number of carbonyl (C=O) groups is 2. The first-order valence-corrected chi connectivity index (χ1v) is 9.94. The van der Waals surface area contributed by atoms with Gasteiger partial charge in [0, 0.05) is 16.6 Å². The fourth-order valence-corrected chi connectivity index (χ4v) is 3.94. The Labute approximate surface area is 170 Å². The van der Waals surface area contributed by atoms with Crippen LogP contribution in [0, 0.1) is 0 Å². The Balaban J connectivity index is 1.46. The Morgan fingerprint density at radius 2 is 2.07 bits per heavy atom. The standard InChI is InChI=1S/C20H19N5O3S/c1-3-28-19(26)16-11-13-10-14(7-8-15(13)29-16)22-20(27)21-12(2)18-24-23-17-6-4-5-9-25(17)18/h4-12H,3H2,1-2H3,(H2,21,22,27). The van der Waals surface area contributed by atoms with E-state index in [0.29, 0.717) is 23.0 Å². The molecule has 9 heteroatoms. The number of fused-ring (bicyclic) bond motifs is 2. The number of aromatic nitrogens is 3. The van der Waals surface area contributed by atoms with E-state index < -0.39 is 0 Å². The number of pyridine rings is 1. The van der Waals surface area contributed by atoms with Crippen LogP contribution in [-0.4, -0.2) is 33.2 Å². The average Bonchev–Trinajstić information content (AvgIpc) is 3.32. The normalized spacial score (nSPS) is 12.1. The van der Waals surface area contributed by atoms with E-state index in [9.17, 15) is 9.59 Å². The molecule has 0 saturated heterocycles. The molecule has 0 aliphatic heterocycles. The summed E-state index contributed by atoms with van der Waals surface area (Å²) in [4.78, 5) is 24.9. The van der Waals surface area contributed by atoms with Crippen molar-refractivity contribution in [1.82, 2.24) is 19.9 Å². The molecule has 8 nitrogen and oxygen atoms in total. The van der Waals surface area contributed by atoms with E-state index in [0.717, 1.165) is 15.7 Å². The van der Waals surface area contributed by atoms with E-state index in [2.05, 4.69) is 20.8 Å². The molecule has 2 N–H and O–H groups in total. The van der Waals surface area contributed by atoms with E-state index in [1.54, 1.807) is 19.1 Å². The van der Waals surface area contributed by atoms with Crippen molar-refractivity contribution in [2.45, 2.75) is 19.9 Å². The molecule has 0 aliphatic rings. The van der Waals surface area contributed by atoms with Gasteiger partial charge in [-0.25, -0.2) is 9.59 Å². The van der Waals surface area contributed by atoms with Crippen molar-refractivity contribution in [1.29, 1.82) is 0 Å². The second kappa shape index (κ2) is 7.88. The first kappa shape index (κ1) is 18.9. The van der Waals surface area contributed by atoms with Crippen LogP contribution in [0.15, 0.2) is 48.7 Å². The van der Waals surface area contributed by atoms with Gasteiger partial charge in [0.05, 0.1) is 12.6 Å². The molecule has 0 aliphatic carbocycles.